The van der Waals surface area contributed by atoms with Gasteiger partial charge in [0.1, 0.15) is 11.2 Å². The zero-order chi connectivity index (χ0) is 24.2. The van der Waals surface area contributed by atoms with Crippen LogP contribution in [0.5, 0.6) is 0 Å². The van der Waals surface area contributed by atoms with E-state index in [1.807, 2.05) is 54.6 Å². The number of ether oxygens (including phenoxy) is 2. The van der Waals surface area contributed by atoms with E-state index in [9.17, 15) is 9.59 Å². The molecule has 176 valence electrons. The van der Waals surface area contributed by atoms with Crippen molar-refractivity contribution >= 4 is 35.2 Å². The summed E-state index contributed by atoms with van der Waals surface area (Å²) >= 11 is 0. The molecule has 0 atom stereocenters. The highest BCUT2D eigenvalue weighted by Gasteiger charge is 2.39. The molecule has 0 aliphatic carbocycles. The first-order chi connectivity index (χ1) is 15.4. The fraction of sp³-hybridized carbons (Fsp3) is 0.400. The van der Waals surface area contributed by atoms with Crippen LogP contribution in [0.1, 0.15) is 41.5 Å². The molecule has 1 heterocycles. The van der Waals surface area contributed by atoms with Crippen LogP contribution in [0.3, 0.4) is 0 Å². The third kappa shape index (κ3) is 6.97. The lowest BCUT2D eigenvalue weighted by atomic mass is 10.2. The number of nitrogens with zero attached hydrogens (tertiary/aromatic N) is 3. The third-order valence-corrected chi connectivity index (χ3v) is 4.42. The van der Waals surface area contributed by atoms with Gasteiger partial charge in [0.15, 0.2) is 0 Å². The number of guanidine groups is 1. The standard InChI is InChI=1S/C25H32N4O4/c1-24(2,3)32-22(30)28-16-17-29(23(31)33-25(4,5)6)21(28)27-20-14-12-19(13-15-20)26-18-10-8-7-9-11-18/h7-15,26H,16-17H2,1-6H3. The van der Waals surface area contributed by atoms with Crippen LogP contribution in [0.4, 0.5) is 26.7 Å². The van der Waals surface area contributed by atoms with Crippen LogP contribution >= 0.6 is 0 Å². The van der Waals surface area contributed by atoms with Crippen LogP contribution in [0.25, 0.3) is 0 Å². The summed E-state index contributed by atoms with van der Waals surface area (Å²) in [5.41, 5.74) is 1.11. The van der Waals surface area contributed by atoms with E-state index in [1.54, 1.807) is 41.5 Å². The van der Waals surface area contributed by atoms with Crippen LogP contribution in [0.2, 0.25) is 0 Å². The maximum Gasteiger partial charge on any atom is 0.417 e. The first-order valence-corrected chi connectivity index (χ1v) is 10.9. The van der Waals surface area contributed by atoms with E-state index in [1.165, 1.54) is 9.80 Å². The minimum Gasteiger partial charge on any atom is -0.443 e. The Morgan fingerprint density at radius 2 is 1.21 bits per heavy atom. The minimum atomic E-state index is -0.674. The van der Waals surface area contributed by atoms with Crippen LogP contribution in [-0.4, -0.2) is 52.2 Å². The van der Waals surface area contributed by atoms with Crippen molar-refractivity contribution in [3.8, 4) is 0 Å². The number of carbonyl (C=O) groups is 2. The molecule has 2 aromatic carbocycles. The SMILES string of the molecule is CC(C)(C)OC(=O)N1CCN(C(=O)OC(C)(C)C)C1=Nc1ccc(Nc2ccccc2)cc1. The molecule has 1 aliphatic rings. The summed E-state index contributed by atoms with van der Waals surface area (Å²) in [7, 11) is 0. The Morgan fingerprint density at radius 1 is 0.758 bits per heavy atom. The summed E-state index contributed by atoms with van der Waals surface area (Å²) in [5, 5.41) is 3.31. The largest absolute Gasteiger partial charge is 0.443 e. The van der Waals surface area contributed by atoms with E-state index in [-0.39, 0.29) is 19.0 Å². The first kappa shape index (κ1) is 24.1. The number of benzene rings is 2. The molecule has 8 heteroatoms. The van der Waals surface area contributed by atoms with Gasteiger partial charge in [0.05, 0.1) is 18.8 Å². The van der Waals surface area contributed by atoms with Gasteiger partial charge in [-0.15, -0.1) is 0 Å². The van der Waals surface area contributed by atoms with E-state index in [0.717, 1.165) is 11.4 Å². The normalized spacial score (nSPS) is 14.2. The molecule has 0 saturated carbocycles. The van der Waals surface area contributed by atoms with Gasteiger partial charge in [0.2, 0.25) is 5.96 Å². The third-order valence-electron chi connectivity index (χ3n) is 4.42. The first-order valence-electron chi connectivity index (χ1n) is 10.9. The highest BCUT2D eigenvalue weighted by molar-refractivity contribution is 6.04. The minimum absolute atomic E-state index is 0.183. The summed E-state index contributed by atoms with van der Waals surface area (Å²) in [6.07, 6.45) is -1.12. The van der Waals surface area contributed by atoms with E-state index in [0.29, 0.717) is 5.69 Å². The molecule has 0 spiro atoms. The fourth-order valence-corrected chi connectivity index (χ4v) is 3.07. The predicted molar refractivity (Wildman–Crippen MR) is 129 cm³/mol. The van der Waals surface area contributed by atoms with Gasteiger partial charge < -0.3 is 14.8 Å². The molecule has 0 bridgehead atoms. The van der Waals surface area contributed by atoms with Crippen LogP contribution in [0.15, 0.2) is 59.6 Å². The molecule has 1 aliphatic heterocycles. The number of aliphatic imine (C=N–C) groups is 1. The van der Waals surface area contributed by atoms with Crippen LogP contribution in [-0.2, 0) is 9.47 Å². The van der Waals surface area contributed by atoms with Crippen molar-refractivity contribution in [3.05, 3.63) is 54.6 Å². The molecule has 1 saturated heterocycles. The lowest BCUT2D eigenvalue weighted by Crippen LogP contribution is -2.44. The number of rotatable bonds is 3. The van der Waals surface area contributed by atoms with Gasteiger partial charge in [-0.1, -0.05) is 18.2 Å². The Kier molecular flexibility index (Phi) is 6.95. The van der Waals surface area contributed by atoms with Crippen molar-refractivity contribution in [2.45, 2.75) is 52.7 Å². The lowest BCUT2D eigenvalue weighted by molar-refractivity contribution is 0.0375. The molecule has 1 N–H and O–H groups in total. The average molecular weight is 453 g/mol. The Bertz CT molecular complexity index is 967. The zero-order valence-corrected chi connectivity index (χ0v) is 20.1. The summed E-state index contributed by atoms with van der Waals surface area (Å²) in [6, 6.07) is 17.2. The second kappa shape index (κ2) is 9.52. The van der Waals surface area contributed by atoms with Gasteiger partial charge >= 0.3 is 12.2 Å². The van der Waals surface area contributed by atoms with Crippen molar-refractivity contribution in [2.75, 3.05) is 18.4 Å². The molecular weight excluding hydrogens is 420 g/mol. The number of anilines is 2. The Balaban J connectivity index is 1.86. The highest BCUT2D eigenvalue weighted by Crippen LogP contribution is 2.24. The maximum absolute atomic E-state index is 12.8. The number of para-hydroxylation sites is 1. The second-order valence-corrected chi connectivity index (χ2v) is 9.71. The smallest absolute Gasteiger partial charge is 0.417 e. The molecule has 0 aromatic heterocycles. The molecular formula is C25H32N4O4. The Labute approximate surface area is 195 Å². The highest BCUT2D eigenvalue weighted by atomic mass is 16.6. The van der Waals surface area contributed by atoms with Crippen molar-refractivity contribution in [1.82, 2.24) is 9.80 Å². The molecule has 0 unspecified atom stereocenters. The predicted octanol–water partition coefficient (Wildman–Crippen LogP) is 5.91. The quantitative estimate of drug-likeness (QED) is 0.626. The molecule has 33 heavy (non-hydrogen) atoms. The zero-order valence-electron chi connectivity index (χ0n) is 20.1. The molecule has 2 aromatic rings. The van der Waals surface area contributed by atoms with E-state index in [2.05, 4.69) is 10.3 Å². The molecule has 2 amide bonds. The van der Waals surface area contributed by atoms with Gasteiger partial charge in [-0.3, -0.25) is 0 Å². The van der Waals surface area contributed by atoms with Crippen molar-refractivity contribution in [1.29, 1.82) is 0 Å². The van der Waals surface area contributed by atoms with Gasteiger partial charge in [0.25, 0.3) is 0 Å². The average Bonchev–Trinajstić information content (AvgIpc) is 3.11. The number of carbonyl (C=O) groups excluding carboxylic acids is 2. The van der Waals surface area contributed by atoms with E-state index < -0.39 is 23.4 Å². The van der Waals surface area contributed by atoms with Crippen LogP contribution < -0.4 is 5.32 Å². The van der Waals surface area contributed by atoms with Gasteiger partial charge in [-0.25, -0.2) is 24.4 Å². The monoisotopic (exact) mass is 452 g/mol. The van der Waals surface area contributed by atoms with Gasteiger partial charge in [-0.05, 0) is 77.9 Å². The molecule has 3 rings (SSSR count). The summed E-state index contributed by atoms with van der Waals surface area (Å²) in [4.78, 5) is 33.0. The molecule has 0 radical (unpaired) electrons. The summed E-state index contributed by atoms with van der Waals surface area (Å²) in [6.45, 7) is 11.3. The van der Waals surface area contributed by atoms with Crippen molar-refractivity contribution < 1.29 is 19.1 Å². The number of nitrogens with one attached hydrogen (secondary N) is 1. The number of amides is 2. The fourth-order valence-electron chi connectivity index (χ4n) is 3.07. The van der Waals surface area contributed by atoms with Crippen molar-refractivity contribution in [2.24, 2.45) is 4.99 Å². The maximum atomic E-state index is 12.8. The second-order valence-electron chi connectivity index (χ2n) is 9.71. The van der Waals surface area contributed by atoms with Gasteiger partial charge in [0, 0.05) is 11.4 Å². The Morgan fingerprint density at radius 3 is 1.67 bits per heavy atom. The van der Waals surface area contributed by atoms with E-state index >= 15 is 0 Å². The van der Waals surface area contributed by atoms with Crippen LogP contribution in [0, 0.1) is 0 Å². The molecule has 8 nitrogen and oxygen atoms in total. The Hall–Kier alpha value is -3.55. The molecule has 1 fully saturated rings. The summed E-state index contributed by atoms with van der Waals surface area (Å²) in [5.74, 6) is 0.183. The number of hydrogen-bond donors (Lipinski definition) is 1. The van der Waals surface area contributed by atoms with Crippen molar-refractivity contribution in [3.63, 3.8) is 0 Å². The number of hydrogen-bond acceptors (Lipinski definition) is 6. The van der Waals surface area contributed by atoms with Gasteiger partial charge in [-0.2, -0.15) is 0 Å². The lowest BCUT2D eigenvalue weighted by Gasteiger charge is -2.27. The summed E-state index contributed by atoms with van der Waals surface area (Å²) < 4.78 is 11.0. The topological polar surface area (TPSA) is 83.5 Å². The van der Waals surface area contributed by atoms with E-state index in [4.69, 9.17) is 9.47 Å².